The molecule has 2 amide bonds. The first-order valence-electron chi connectivity index (χ1n) is 9.89. The third-order valence-electron chi connectivity index (χ3n) is 5.07. The Morgan fingerprint density at radius 1 is 1.15 bits per heavy atom. The quantitative estimate of drug-likeness (QED) is 0.712. The molecule has 1 aromatic rings. The van der Waals surface area contributed by atoms with Crippen LogP contribution in [0.2, 0.25) is 5.02 Å². The number of hydrogen-bond donors (Lipinski definition) is 1. The molecular formula is C21H31ClN2O2. The number of nitrogens with zero attached hydrogens (tertiary/aromatic N) is 1. The largest absolute Gasteiger partial charge is 0.352 e. The molecule has 5 heteroatoms. The van der Waals surface area contributed by atoms with Gasteiger partial charge in [0.25, 0.3) is 0 Å². The summed E-state index contributed by atoms with van der Waals surface area (Å²) in [6.07, 6.45) is 7.53. The SMILES string of the molecule is CCCC(=O)N(Cc1ccc(Cl)cc1)[C@H](CC)C(=O)NC1CCCCC1. The van der Waals surface area contributed by atoms with Crippen LogP contribution in [-0.2, 0) is 16.1 Å². The Bertz CT molecular complexity index is 582. The second-order valence-electron chi connectivity index (χ2n) is 7.17. The van der Waals surface area contributed by atoms with Crippen LogP contribution in [-0.4, -0.2) is 28.8 Å². The van der Waals surface area contributed by atoms with Gasteiger partial charge < -0.3 is 10.2 Å². The molecule has 0 spiro atoms. The van der Waals surface area contributed by atoms with Crippen LogP contribution in [0.15, 0.2) is 24.3 Å². The van der Waals surface area contributed by atoms with Crippen molar-refractivity contribution in [2.24, 2.45) is 0 Å². The van der Waals surface area contributed by atoms with E-state index in [0.29, 0.717) is 24.4 Å². The highest BCUT2D eigenvalue weighted by Gasteiger charge is 2.29. The topological polar surface area (TPSA) is 49.4 Å². The molecule has 1 atom stereocenters. The third kappa shape index (κ3) is 6.01. The minimum atomic E-state index is -0.424. The smallest absolute Gasteiger partial charge is 0.243 e. The van der Waals surface area contributed by atoms with Crippen LogP contribution >= 0.6 is 11.6 Å². The molecule has 0 aromatic heterocycles. The van der Waals surface area contributed by atoms with E-state index >= 15 is 0 Å². The van der Waals surface area contributed by atoms with Crippen molar-refractivity contribution in [3.63, 3.8) is 0 Å². The average molecular weight is 379 g/mol. The van der Waals surface area contributed by atoms with Gasteiger partial charge in [0.2, 0.25) is 11.8 Å². The molecule has 1 saturated carbocycles. The highest BCUT2D eigenvalue weighted by Crippen LogP contribution is 2.20. The molecule has 2 rings (SSSR count). The van der Waals surface area contributed by atoms with Crippen LogP contribution in [0.25, 0.3) is 0 Å². The molecule has 0 aliphatic heterocycles. The monoisotopic (exact) mass is 378 g/mol. The minimum Gasteiger partial charge on any atom is -0.352 e. The molecule has 4 nitrogen and oxygen atoms in total. The molecule has 0 saturated heterocycles. The molecule has 1 aliphatic carbocycles. The first-order chi connectivity index (χ1) is 12.5. The van der Waals surface area contributed by atoms with E-state index in [1.165, 1.54) is 19.3 Å². The van der Waals surface area contributed by atoms with Gasteiger partial charge in [-0.25, -0.2) is 0 Å². The first-order valence-corrected chi connectivity index (χ1v) is 10.3. The fourth-order valence-electron chi connectivity index (χ4n) is 3.61. The summed E-state index contributed by atoms with van der Waals surface area (Å²) < 4.78 is 0. The fourth-order valence-corrected chi connectivity index (χ4v) is 3.73. The normalized spacial score (nSPS) is 16.1. The number of amides is 2. The van der Waals surface area contributed by atoms with Gasteiger partial charge in [-0.3, -0.25) is 9.59 Å². The lowest BCUT2D eigenvalue weighted by Gasteiger charge is -2.32. The Morgan fingerprint density at radius 2 is 1.81 bits per heavy atom. The van der Waals surface area contributed by atoms with Gasteiger partial charge in [-0.05, 0) is 43.4 Å². The highest BCUT2D eigenvalue weighted by atomic mass is 35.5. The van der Waals surface area contributed by atoms with Gasteiger partial charge in [-0.15, -0.1) is 0 Å². The molecule has 1 aliphatic rings. The van der Waals surface area contributed by atoms with Crippen molar-refractivity contribution in [3.05, 3.63) is 34.9 Å². The van der Waals surface area contributed by atoms with E-state index in [1.807, 2.05) is 38.1 Å². The zero-order valence-electron chi connectivity index (χ0n) is 16.0. The maximum Gasteiger partial charge on any atom is 0.243 e. The summed E-state index contributed by atoms with van der Waals surface area (Å²) in [7, 11) is 0. The Balaban J connectivity index is 2.12. The zero-order chi connectivity index (χ0) is 18.9. The van der Waals surface area contributed by atoms with E-state index in [4.69, 9.17) is 11.6 Å². The van der Waals surface area contributed by atoms with Gasteiger partial charge in [-0.2, -0.15) is 0 Å². The summed E-state index contributed by atoms with van der Waals surface area (Å²) >= 11 is 5.96. The number of carbonyl (C=O) groups is 2. The number of carbonyl (C=O) groups excluding carboxylic acids is 2. The molecule has 0 unspecified atom stereocenters. The Morgan fingerprint density at radius 3 is 2.38 bits per heavy atom. The maximum atomic E-state index is 12.9. The van der Waals surface area contributed by atoms with Crippen LogP contribution in [0.5, 0.6) is 0 Å². The van der Waals surface area contributed by atoms with Crippen molar-refractivity contribution in [2.45, 2.75) is 83.8 Å². The molecule has 26 heavy (non-hydrogen) atoms. The maximum absolute atomic E-state index is 12.9. The van der Waals surface area contributed by atoms with Gasteiger partial charge in [0, 0.05) is 24.0 Å². The van der Waals surface area contributed by atoms with Crippen molar-refractivity contribution in [1.82, 2.24) is 10.2 Å². The van der Waals surface area contributed by atoms with E-state index in [1.54, 1.807) is 4.90 Å². The minimum absolute atomic E-state index is 0.0159. The number of halogens is 1. The number of rotatable bonds is 8. The highest BCUT2D eigenvalue weighted by molar-refractivity contribution is 6.30. The number of nitrogens with one attached hydrogen (secondary N) is 1. The summed E-state index contributed by atoms with van der Waals surface area (Å²) in [5.74, 6) is 0.0194. The van der Waals surface area contributed by atoms with Crippen molar-refractivity contribution in [1.29, 1.82) is 0 Å². The van der Waals surface area contributed by atoms with Crippen molar-refractivity contribution in [3.8, 4) is 0 Å². The first kappa shape index (κ1) is 20.8. The van der Waals surface area contributed by atoms with E-state index in [0.717, 1.165) is 24.8 Å². The van der Waals surface area contributed by atoms with E-state index < -0.39 is 6.04 Å². The number of hydrogen-bond acceptors (Lipinski definition) is 2. The van der Waals surface area contributed by atoms with E-state index in [2.05, 4.69) is 5.32 Å². The Hall–Kier alpha value is -1.55. The molecule has 0 heterocycles. The van der Waals surface area contributed by atoms with E-state index in [-0.39, 0.29) is 17.9 Å². The van der Waals surface area contributed by atoms with Crippen molar-refractivity contribution in [2.75, 3.05) is 0 Å². The summed E-state index contributed by atoms with van der Waals surface area (Å²) in [4.78, 5) is 27.4. The molecule has 144 valence electrons. The fraction of sp³-hybridized carbons (Fsp3) is 0.619. The van der Waals surface area contributed by atoms with Gasteiger partial charge >= 0.3 is 0 Å². The Kier molecular flexibility index (Phi) is 8.43. The average Bonchev–Trinajstić information content (AvgIpc) is 2.64. The predicted molar refractivity (Wildman–Crippen MR) is 106 cm³/mol. The summed E-state index contributed by atoms with van der Waals surface area (Å²) in [5, 5.41) is 3.86. The van der Waals surface area contributed by atoms with Gasteiger partial charge in [0.05, 0.1) is 0 Å². The van der Waals surface area contributed by atoms with Gasteiger partial charge in [-0.1, -0.05) is 56.8 Å². The molecule has 0 bridgehead atoms. The van der Waals surface area contributed by atoms with Crippen molar-refractivity contribution < 1.29 is 9.59 Å². The second-order valence-corrected chi connectivity index (χ2v) is 7.60. The second kappa shape index (κ2) is 10.6. The standard InChI is InChI=1S/C21H31ClN2O2/c1-3-8-20(25)24(15-16-11-13-17(22)14-12-16)19(4-2)21(26)23-18-9-6-5-7-10-18/h11-14,18-19H,3-10,15H2,1-2H3,(H,23,26)/t19-/m1/s1. The summed E-state index contributed by atoms with van der Waals surface area (Å²) in [6.45, 7) is 4.40. The predicted octanol–water partition coefficient (Wildman–Crippen LogP) is 4.70. The van der Waals surface area contributed by atoms with Gasteiger partial charge in [0.1, 0.15) is 6.04 Å². The number of benzene rings is 1. The third-order valence-corrected chi connectivity index (χ3v) is 5.32. The lowest BCUT2D eigenvalue weighted by Crippen LogP contribution is -2.51. The molecule has 1 aromatic carbocycles. The van der Waals surface area contributed by atoms with Crippen LogP contribution in [0, 0.1) is 0 Å². The molecule has 1 N–H and O–H groups in total. The zero-order valence-corrected chi connectivity index (χ0v) is 16.7. The molecular weight excluding hydrogens is 348 g/mol. The lowest BCUT2D eigenvalue weighted by atomic mass is 9.95. The molecule has 1 fully saturated rings. The van der Waals surface area contributed by atoms with Gasteiger partial charge in [0.15, 0.2) is 0 Å². The lowest BCUT2D eigenvalue weighted by molar-refractivity contribution is -0.141. The van der Waals surface area contributed by atoms with Crippen LogP contribution in [0.1, 0.15) is 70.8 Å². The summed E-state index contributed by atoms with van der Waals surface area (Å²) in [5.41, 5.74) is 0.989. The Labute approximate surface area is 162 Å². The van der Waals surface area contributed by atoms with E-state index in [9.17, 15) is 9.59 Å². The van der Waals surface area contributed by atoms with Crippen LogP contribution in [0.4, 0.5) is 0 Å². The van der Waals surface area contributed by atoms with Crippen LogP contribution < -0.4 is 5.32 Å². The van der Waals surface area contributed by atoms with Crippen molar-refractivity contribution >= 4 is 23.4 Å². The van der Waals surface area contributed by atoms with Crippen LogP contribution in [0.3, 0.4) is 0 Å². The molecule has 0 radical (unpaired) electrons. The summed E-state index contributed by atoms with van der Waals surface area (Å²) in [6, 6.07) is 7.31.